The van der Waals surface area contributed by atoms with Gasteiger partial charge in [-0.15, -0.1) is 0 Å². The first-order chi connectivity index (χ1) is 14.2. The Hall–Kier alpha value is -2.74. The van der Waals surface area contributed by atoms with E-state index in [1.54, 1.807) is 55.5 Å². The molecular weight excluding hydrogens is 404 g/mol. The number of nitrogens with zero attached hydrogens (tertiary/aromatic N) is 1. The van der Waals surface area contributed by atoms with E-state index in [1.807, 2.05) is 20.8 Å². The van der Waals surface area contributed by atoms with Crippen LogP contribution >= 0.6 is 0 Å². The Morgan fingerprint density at radius 3 is 2.27 bits per heavy atom. The van der Waals surface area contributed by atoms with E-state index in [-0.39, 0.29) is 6.10 Å². The van der Waals surface area contributed by atoms with Crippen LogP contribution in [0.5, 0.6) is 11.5 Å². The minimum absolute atomic E-state index is 0.000253. The molecule has 0 aliphatic carbocycles. The summed E-state index contributed by atoms with van der Waals surface area (Å²) in [5, 5.41) is 2.81. The zero-order valence-electron chi connectivity index (χ0n) is 18.1. The van der Waals surface area contributed by atoms with Crippen LogP contribution in [0.4, 0.5) is 11.4 Å². The molecule has 0 saturated carbocycles. The highest BCUT2D eigenvalue weighted by atomic mass is 32.2. The number of ether oxygens (including phenoxy) is 2. The van der Waals surface area contributed by atoms with Gasteiger partial charge in [0.05, 0.1) is 24.7 Å². The molecule has 0 unspecified atom stereocenters. The van der Waals surface area contributed by atoms with Crippen molar-refractivity contribution in [1.29, 1.82) is 0 Å². The van der Waals surface area contributed by atoms with Gasteiger partial charge in [-0.25, -0.2) is 8.42 Å². The maximum absolute atomic E-state index is 13.0. The van der Waals surface area contributed by atoms with Gasteiger partial charge in [0, 0.05) is 11.8 Å². The predicted molar refractivity (Wildman–Crippen MR) is 120 cm³/mol. The lowest BCUT2D eigenvalue weighted by molar-refractivity contribution is -0.117. The molecule has 0 radical (unpaired) electrons. The van der Waals surface area contributed by atoms with Gasteiger partial charge in [-0.05, 0) is 63.6 Å². The van der Waals surface area contributed by atoms with Gasteiger partial charge in [-0.3, -0.25) is 9.10 Å². The number of benzene rings is 2. The smallest absolute Gasteiger partial charge is 0.248 e. The van der Waals surface area contributed by atoms with Crippen LogP contribution in [0.15, 0.2) is 48.5 Å². The van der Waals surface area contributed by atoms with Crippen LogP contribution in [0.3, 0.4) is 0 Å². The lowest BCUT2D eigenvalue weighted by atomic mass is 10.1. The molecule has 0 aliphatic heterocycles. The van der Waals surface area contributed by atoms with E-state index in [2.05, 4.69) is 5.32 Å². The number of amides is 1. The van der Waals surface area contributed by atoms with E-state index < -0.39 is 22.0 Å². The Labute approximate surface area is 179 Å². The number of carbonyl (C=O) groups excluding carboxylic acids is 1. The van der Waals surface area contributed by atoms with Crippen LogP contribution in [-0.2, 0) is 14.8 Å². The molecule has 0 aromatic heterocycles. The number of nitrogens with one attached hydrogen (secondary N) is 1. The Morgan fingerprint density at radius 1 is 1.07 bits per heavy atom. The summed E-state index contributed by atoms with van der Waals surface area (Å²) in [6.07, 6.45) is 1.39. The van der Waals surface area contributed by atoms with Crippen LogP contribution in [0, 0.1) is 0 Å². The van der Waals surface area contributed by atoms with Crippen LogP contribution in [-0.4, -0.2) is 39.3 Å². The summed E-state index contributed by atoms with van der Waals surface area (Å²) in [5.74, 6) is 0.843. The van der Waals surface area contributed by atoms with Gasteiger partial charge in [0.15, 0.2) is 0 Å². The summed E-state index contributed by atoms with van der Waals surface area (Å²) in [6, 6.07) is 12.8. The minimum Gasteiger partial charge on any atom is -0.494 e. The van der Waals surface area contributed by atoms with Gasteiger partial charge in [0.2, 0.25) is 15.9 Å². The molecule has 0 saturated heterocycles. The van der Waals surface area contributed by atoms with E-state index in [4.69, 9.17) is 9.47 Å². The molecule has 2 aromatic carbocycles. The van der Waals surface area contributed by atoms with Crippen molar-refractivity contribution in [3.8, 4) is 11.5 Å². The topological polar surface area (TPSA) is 84.9 Å². The molecule has 1 amide bonds. The van der Waals surface area contributed by atoms with E-state index in [1.165, 1.54) is 0 Å². The summed E-state index contributed by atoms with van der Waals surface area (Å²) < 4.78 is 37.4. The molecular formula is C22H30N2O5S. The maximum Gasteiger partial charge on any atom is 0.248 e. The Balaban J connectivity index is 2.29. The molecule has 2 aromatic rings. The summed E-state index contributed by atoms with van der Waals surface area (Å²) in [6.45, 7) is 7.98. The molecule has 30 heavy (non-hydrogen) atoms. The fraction of sp³-hybridized carbons (Fsp3) is 0.409. The number of rotatable bonds is 10. The molecule has 0 bridgehead atoms. The highest BCUT2D eigenvalue weighted by Gasteiger charge is 2.31. The number of hydrogen-bond donors (Lipinski definition) is 1. The monoisotopic (exact) mass is 434 g/mol. The molecule has 0 fully saturated rings. The normalized spacial score (nSPS) is 12.3. The SMILES string of the molecule is CCOc1ccc(N([C@H](CC)C(=O)Nc2cccc(OC(C)C)c2)S(C)(=O)=O)cc1. The van der Waals surface area contributed by atoms with Gasteiger partial charge in [-0.1, -0.05) is 13.0 Å². The van der Waals surface area contributed by atoms with Crippen molar-refractivity contribution in [2.45, 2.75) is 46.3 Å². The van der Waals surface area contributed by atoms with Crippen molar-refractivity contribution >= 4 is 27.3 Å². The second kappa shape index (κ2) is 10.3. The number of anilines is 2. The lowest BCUT2D eigenvalue weighted by Crippen LogP contribution is -2.47. The van der Waals surface area contributed by atoms with E-state index in [0.29, 0.717) is 35.9 Å². The quantitative estimate of drug-likeness (QED) is 0.610. The number of sulfonamides is 1. The van der Waals surface area contributed by atoms with Crippen molar-refractivity contribution in [3.63, 3.8) is 0 Å². The highest BCUT2D eigenvalue weighted by molar-refractivity contribution is 7.92. The summed E-state index contributed by atoms with van der Waals surface area (Å²) >= 11 is 0. The number of hydrogen-bond acceptors (Lipinski definition) is 5. The zero-order valence-corrected chi connectivity index (χ0v) is 18.9. The largest absolute Gasteiger partial charge is 0.494 e. The number of carbonyl (C=O) groups is 1. The standard InChI is InChI=1S/C22H30N2O5S/c1-6-21(22(25)23-17-9-8-10-20(15-17)29-16(3)4)24(30(5,26)27)18-11-13-19(14-12-18)28-7-2/h8-16,21H,6-7H2,1-5H3,(H,23,25)/t21-/m1/s1. The van der Waals surface area contributed by atoms with Crippen LogP contribution in [0.2, 0.25) is 0 Å². The first-order valence-corrected chi connectivity index (χ1v) is 11.8. The van der Waals surface area contributed by atoms with Crippen molar-refractivity contribution < 1.29 is 22.7 Å². The maximum atomic E-state index is 13.0. The van der Waals surface area contributed by atoms with E-state index >= 15 is 0 Å². The van der Waals surface area contributed by atoms with Gasteiger partial charge < -0.3 is 14.8 Å². The first-order valence-electron chi connectivity index (χ1n) is 9.95. The van der Waals surface area contributed by atoms with E-state index in [0.717, 1.165) is 10.6 Å². The van der Waals surface area contributed by atoms with Gasteiger partial charge >= 0.3 is 0 Å². The second-order valence-corrected chi connectivity index (χ2v) is 8.95. The van der Waals surface area contributed by atoms with Crippen LogP contribution in [0.1, 0.15) is 34.1 Å². The molecule has 0 aliphatic rings. The molecule has 0 heterocycles. The third-order valence-electron chi connectivity index (χ3n) is 4.21. The first kappa shape index (κ1) is 23.5. The molecule has 1 N–H and O–H groups in total. The average Bonchev–Trinajstić information content (AvgIpc) is 2.66. The molecule has 2 rings (SSSR count). The Bertz CT molecular complexity index is 942. The highest BCUT2D eigenvalue weighted by Crippen LogP contribution is 2.26. The van der Waals surface area contributed by atoms with Crippen molar-refractivity contribution in [2.24, 2.45) is 0 Å². The van der Waals surface area contributed by atoms with Gasteiger partial charge in [0.25, 0.3) is 0 Å². The molecule has 164 valence electrons. The van der Waals surface area contributed by atoms with Gasteiger partial charge in [0.1, 0.15) is 17.5 Å². The minimum atomic E-state index is -3.71. The van der Waals surface area contributed by atoms with Crippen molar-refractivity contribution in [2.75, 3.05) is 22.5 Å². The summed E-state index contributed by atoms with van der Waals surface area (Å²) in [4.78, 5) is 13.0. The molecule has 1 atom stereocenters. The fourth-order valence-corrected chi connectivity index (χ4v) is 4.27. The molecule has 8 heteroatoms. The Morgan fingerprint density at radius 2 is 1.73 bits per heavy atom. The van der Waals surface area contributed by atoms with Gasteiger partial charge in [-0.2, -0.15) is 0 Å². The third kappa shape index (κ3) is 6.38. The summed E-state index contributed by atoms with van der Waals surface area (Å²) in [5.41, 5.74) is 0.941. The third-order valence-corrected chi connectivity index (χ3v) is 5.39. The van der Waals surface area contributed by atoms with Crippen molar-refractivity contribution in [1.82, 2.24) is 0 Å². The van der Waals surface area contributed by atoms with E-state index in [9.17, 15) is 13.2 Å². The molecule has 7 nitrogen and oxygen atoms in total. The van der Waals surface area contributed by atoms with Crippen LogP contribution < -0.4 is 19.1 Å². The second-order valence-electron chi connectivity index (χ2n) is 7.09. The zero-order chi connectivity index (χ0) is 22.3. The summed E-state index contributed by atoms with van der Waals surface area (Å²) in [7, 11) is -3.71. The average molecular weight is 435 g/mol. The van der Waals surface area contributed by atoms with Crippen LogP contribution in [0.25, 0.3) is 0 Å². The fourth-order valence-electron chi connectivity index (χ4n) is 3.06. The molecule has 0 spiro atoms. The lowest BCUT2D eigenvalue weighted by Gasteiger charge is -2.30. The van der Waals surface area contributed by atoms with Crippen molar-refractivity contribution in [3.05, 3.63) is 48.5 Å². The Kier molecular flexibility index (Phi) is 8.11. The predicted octanol–water partition coefficient (Wildman–Crippen LogP) is 4.06.